The number of hydrogen-bond donors (Lipinski definition) is 2. The van der Waals surface area contributed by atoms with Crippen molar-refractivity contribution in [3.8, 4) is 0 Å². The van der Waals surface area contributed by atoms with E-state index in [4.69, 9.17) is 4.42 Å². The molecular weight excluding hydrogens is 246 g/mol. The van der Waals surface area contributed by atoms with Gasteiger partial charge in [-0.2, -0.15) is 0 Å². The van der Waals surface area contributed by atoms with Crippen molar-refractivity contribution in [3.05, 3.63) is 24.2 Å². The summed E-state index contributed by atoms with van der Waals surface area (Å²) in [5, 5.41) is 5.90. The van der Waals surface area contributed by atoms with Crippen LogP contribution in [0.15, 0.2) is 22.8 Å². The Kier molecular flexibility index (Phi) is 2.82. The molecule has 102 valence electrons. The van der Waals surface area contributed by atoms with Gasteiger partial charge in [-0.05, 0) is 44.5 Å². The van der Waals surface area contributed by atoms with E-state index in [2.05, 4.69) is 10.6 Å². The van der Waals surface area contributed by atoms with Gasteiger partial charge in [0, 0.05) is 6.54 Å². The Hall–Kier alpha value is -1.82. The molecule has 1 unspecified atom stereocenters. The van der Waals surface area contributed by atoms with Crippen LogP contribution in [0.2, 0.25) is 0 Å². The average molecular weight is 263 g/mol. The first-order chi connectivity index (χ1) is 9.11. The third-order valence-electron chi connectivity index (χ3n) is 3.92. The number of imide groups is 1. The highest BCUT2D eigenvalue weighted by atomic mass is 16.3. The number of carbonyl (C=O) groups is 2. The van der Waals surface area contributed by atoms with Crippen LogP contribution in [0.3, 0.4) is 0 Å². The van der Waals surface area contributed by atoms with Gasteiger partial charge >= 0.3 is 6.03 Å². The van der Waals surface area contributed by atoms with Gasteiger partial charge in [-0.1, -0.05) is 0 Å². The van der Waals surface area contributed by atoms with Crippen molar-refractivity contribution < 1.29 is 14.0 Å². The highest BCUT2D eigenvalue weighted by Crippen LogP contribution is 2.29. The second-order valence-electron chi connectivity index (χ2n) is 5.30. The summed E-state index contributed by atoms with van der Waals surface area (Å²) in [5.74, 6) is 0.800. The highest BCUT2D eigenvalue weighted by molar-refractivity contribution is 6.06. The van der Waals surface area contributed by atoms with Crippen LogP contribution in [-0.2, 0) is 10.3 Å². The Morgan fingerprint density at radius 3 is 2.84 bits per heavy atom. The number of amides is 3. The van der Waals surface area contributed by atoms with Crippen molar-refractivity contribution in [3.63, 3.8) is 0 Å². The van der Waals surface area contributed by atoms with Crippen LogP contribution >= 0.6 is 0 Å². The lowest BCUT2D eigenvalue weighted by atomic mass is 9.97. The van der Waals surface area contributed by atoms with Crippen LogP contribution in [0.1, 0.15) is 19.1 Å². The van der Waals surface area contributed by atoms with E-state index in [9.17, 15) is 9.59 Å². The summed E-state index contributed by atoms with van der Waals surface area (Å²) < 4.78 is 5.27. The second kappa shape index (κ2) is 4.38. The van der Waals surface area contributed by atoms with E-state index in [-0.39, 0.29) is 11.9 Å². The summed E-state index contributed by atoms with van der Waals surface area (Å²) in [6.45, 7) is 4.09. The maximum Gasteiger partial charge on any atom is 0.325 e. The van der Waals surface area contributed by atoms with Gasteiger partial charge < -0.3 is 15.1 Å². The van der Waals surface area contributed by atoms with Crippen molar-refractivity contribution in [2.75, 3.05) is 19.6 Å². The molecule has 3 amide bonds. The van der Waals surface area contributed by atoms with E-state index in [1.165, 1.54) is 11.2 Å². The number of carbonyl (C=O) groups excluding carboxylic acids is 2. The molecule has 0 aromatic carbocycles. The quantitative estimate of drug-likeness (QED) is 0.782. The third kappa shape index (κ3) is 1.92. The first kappa shape index (κ1) is 12.2. The lowest BCUT2D eigenvalue weighted by Gasteiger charge is -2.28. The number of nitrogens with one attached hydrogen (secondary N) is 2. The standard InChI is InChI=1S/C13H17N3O3/c1-13(10-3-2-6-19-10)11(17)16(12(18)15-13)5-4-9-7-14-8-9/h2-3,6,9,14H,4-5,7-8H2,1H3,(H,15,18). The summed E-state index contributed by atoms with van der Waals surface area (Å²) in [4.78, 5) is 25.7. The molecule has 0 spiro atoms. The molecule has 2 aliphatic rings. The molecule has 1 atom stereocenters. The van der Waals surface area contributed by atoms with Crippen LogP contribution in [-0.4, -0.2) is 36.5 Å². The van der Waals surface area contributed by atoms with Gasteiger partial charge in [0.15, 0.2) is 5.54 Å². The molecule has 2 saturated heterocycles. The fourth-order valence-corrected chi connectivity index (χ4v) is 2.49. The van der Waals surface area contributed by atoms with E-state index < -0.39 is 5.54 Å². The summed E-state index contributed by atoms with van der Waals surface area (Å²) in [7, 11) is 0. The van der Waals surface area contributed by atoms with E-state index >= 15 is 0 Å². The SMILES string of the molecule is CC1(c2ccco2)NC(=O)N(CCC2CNC2)C1=O. The molecule has 19 heavy (non-hydrogen) atoms. The van der Waals surface area contributed by atoms with Crippen LogP contribution in [0.4, 0.5) is 4.79 Å². The average Bonchev–Trinajstić information content (AvgIpc) is 2.90. The topological polar surface area (TPSA) is 74.6 Å². The van der Waals surface area contributed by atoms with Gasteiger partial charge in [-0.3, -0.25) is 9.69 Å². The molecule has 3 heterocycles. The van der Waals surface area contributed by atoms with E-state index in [0.717, 1.165) is 19.5 Å². The Morgan fingerprint density at radius 1 is 1.47 bits per heavy atom. The molecule has 3 rings (SSSR count). The predicted molar refractivity (Wildman–Crippen MR) is 67.3 cm³/mol. The minimum atomic E-state index is -1.07. The number of rotatable bonds is 4. The Morgan fingerprint density at radius 2 is 2.26 bits per heavy atom. The number of nitrogens with zero attached hydrogens (tertiary/aromatic N) is 1. The van der Waals surface area contributed by atoms with Gasteiger partial charge in [-0.25, -0.2) is 4.79 Å². The fourth-order valence-electron chi connectivity index (χ4n) is 2.49. The van der Waals surface area contributed by atoms with Crippen LogP contribution in [0, 0.1) is 5.92 Å². The largest absolute Gasteiger partial charge is 0.466 e. The molecule has 2 fully saturated rings. The molecular formula is C13H17N3O3. The monoisotopic (exact) mass is 263 g/mol. The number of hydrogen-bond acceptors (Lipinski definition) is 4. The molecule has 0 bridgehead atoms. The minimum absolute atomic E-state index is 0.236. The van der Waals surface area contributed by atoms with Crippen molar-refractivity contribution in [1.82, 2.24) is 15.5 Å². The van der Waals surface area contributed by atoms with Crippen LogP contribution in [0.25, 0.3) is 0 Å². The Bertz CT molecular complexity index is 495. The van der Waals surface area contributed by atoms with Crippen molar-refractivity contribution in [1.29, 1.82) is 0 Å². The first-order valence-electron chi connectivity index (χ1n) is 6.50. The van der Waals surface area contributed by atoms with Gasteiger partial charge in [-0.15, -0.1) is 0 Å². The number of furan rings is 1. The molecule has 2 aliphatic heterocycles. The normalized spacial score (nSPS) is 27.5. The second-order valence-corrected chi connectivity index (χ2v) is 5.30. The van der Waals surface area contributed by atoms with E-state index in [1.54, 1.807) is 19.1 Å². The molecule has 6 heteroatoms. The molecule has 0 radical (unpaired) electrons. The Balaban J connectivity index is 1.73. The van der Waals surface area contributed by atoms with Crippen molar-refractivity contribution >= 4 is 11.9 Å². The van der Waals surface area contributed by atoms with E-state index in [0.29, 0.717) is 18.2 Å². The zero-order chi connectivity index (χ0) is 13.5. The van der Waals surface area contributed by atoms with Gasteiger partial charge in [0.2, 0.25) is 0 Å². The van der Waals surface area contributed by atoms with Gasteiger partial charge in [0.1, 0.15) is 5.76 Å². The summed E-state index contributed by atoms with van der Waals surface area (Å²) in [5.41, 5.74) is -1.07. The fraction of sp³-hybridized carbons (Fsp3) is 0.538. The smallest absolute Gasteiger partial charge is 0.325 e. The molecule has 6 nitrogen and oxygen atoms in total. The summed E-state index contributed by atoms with van der Waals surface area (Å²) in [6, 6.07) is 3.08. The zero-order valence-corrected chi connectivity index (χ0v) is 10.8. The maximum absolute atomic E-state index is 12.4. The maximum atomic E-state index is 12.4. The molecule has 1 aromatic heterocycles. The molecule has 0 saturated carbocycles. The third-order valence-corrected chi connectivity index (χ3v) is 3.92. The molecule has 2 N–H and O–H groups in total. The summed E-state index contributed by atoms with van der Waals surface area (Å²) >= 11 is 0. The van der Waals surface area contributed by atoms with Gasteiger partial charge in [0.25, 0.3) is 5.91 Å². The van der Waals surface area contributed by atoms with Gasteiger partial charge in [0.05, 0.1) is 6.26 Å². The minimum Gasteiger partial charge on any atom is -0.466 e. The molecule has 1 aromatic rings. The lowest BCUT2D eigenvalue weighted by molar-refractivity contribution is -0.131. The van der Waals surface area contributed by atoms with Crippen LogP contribution in [0.5, 0.6) is 0 Å². The van der Waals surface area contributed by atoms with Crippen molar-refractivity contribution in [2.24, 2.45) is 5.92 Å². The van der Waals surface area contributed by atoms with Crippen molar-refractivity contribution in [2.45, 2.75) is 18.9 Å². The number of urea groups is 1. The molecule has 0 aliphatic carbocycles. The predicted octanol–water partition coefficient (Wildman–Crippen LogP) is 0.656. The van der Waals surface area contributed by atoms with Crippen LogP contribution < -0.4 is 10.6 Å². The Labute approximate surface area is 111 Å². The zero-order valence-electron chi connectivity index (χ0n) is 10.8. The summed E-state index contributed by atoms with van der Waals surface area (Å²) in [6.07, 6.45) is 2.35. The lowest BCUT2D eigenvalue weighted by Crippen LogP contribution is -2.45. The first-order valence-corrected chi connectivity index (χ1v) is 6.50. The van der Waals surface area contributed by atoms with E-state index in [1.807, 2.05) is 0 Å². The highest BCUT2D eigenvalue weighted by Gasteiger charge is 2.50.